The van der Waals surface area contributed by atoms with Crippen LogP contribution in [0.15, 0.2) is 18.2 Å². The zero-order chi connectivity index (χ0) is 12.8. The van der Waals surface area contributed by atoms with E-state index in [9.17, 15) is 9.18 Å². The number of benzene rings is 1. The molecule has 0 heterocycles. The van der Waals surface area contributed by atoms with E-state index in [1.165, 1.54) is 11.0 Å². The minimum atomic E-state index is -0.473. The lowest BCUT2D eigenvalue weighted by Crippen LogP contribution is -2.29. The van der Waals surface area contributed by atoms with E-state index in [4.69, 9.17) is 4.74 Å². The van der Waals surface area contributed by atoms with E-state index in [1.54, 1.807) is 26.3 Å². The monoisotopic (exact) mass is 239 g/mol. The second-order valence-electron chi connectivity index (χ2n) is 4.06. The van der Waals surface area contributed by atoms with Gasteiger partial charge in [-0.1, -0.05) is 11.6 Å². The largest absolute Gasteiger partial charge is 0.385 e. The molecule has 0 unspecified atom stereocenters. The molecule has 0 atom stereocenters. The third-order valence-electron chi connectivity index (χ3n) is 2.54. The highest BCUT2D eigenvalue weighted by Crippen LogP contribution is 2.12. The molecule has 0 saturated heterocycles. The van der Waals surface area contributed by atoms with Crippen LogP contribution in [-0.4, -0.2) is 38.1 Å². The molecule has 1 amide bonds. The van der Waals surface area contributed by atoms with Gasteiger partial charge in [0.25, 0.3) is 5.91 Å². The Balaban J connectivity index is 2.71. The lowest BCUT2D eigenvalue weighted by atomic mass is 10.1. The van der Waals surface area contributed by atoms with Gasteiger partial charge in [-0.2, -0.15) is 0 Å². The zero-order valence-electron chi connectivity index (χ0n) is 10.5. The van der Waals surface area contributed by atoms with E-state index in [2.05, 4.69) is 0 Å². The summed E-state index contributed by atoms with van der Waals surface area (Å²) < 4.78 is 18.4. The summed E-state index contributed by atoms with van der Waals surface area (Å²) in [5.74, 6) is -0.763. The number of amides is 1. The summed E-state index contributed by atoms with van der Waals surface area (Å²) in [5.41, 5.74) is 1.00. The van der Waals surface area contributed by atoms with Crippen LogP contribution >= 0.6 is 0 Å². The average molecular weight is 239 g/mol. The quantitative estimate of drug-likeness (QED) is 0.737. The maximum absolute atomic E-state index is 13.5. The van der Waals surface area contributed by atoms with Gasteiger partial charge in [-0.3, -0.25) is 4.79 Å². The van der Waals surface area contributed by atoms with Crippen molar-refractivity contribution in [1.29, 1.82) is 0 Å². The molecule has 0 bridgehead atoms. The van der Waals surface area contributed by atoms with E-state index in [-0.39, 0.29) is 11.5 Å². The number of carbonyl (C=O) groups excluding carboxylic acids is 1. The third-order valence-corrected chi connectivity index (χ3v) is 2.54. The number of nitrogens with zero attached hydrogens (tertiary/aromatic N) is 1. The molecule has 0 aliphatic carbocycles. The maximum atomic E-state index is 13.5. The Morgan fingerprint density at radius 1 is 1.47 bits per heavy atom. The first-order chi connectivity index (χ1) is 8.06. The van der Waals surface area contributed by atoms with Crippen molar-refractivity contribution >= 4 is 5.91 Å². The smallest absolute Gasteiger partial charge is 0.256 e. The highest BCUT2D eigenvalue weighted by Gasteiger charge is 2.15. The van der Waals surface area contributed by atoms with Gasteiger partial charge in [0, 0.05) is 27.3 Å². The lowest BCUT2D eigenvalue weighted by Gasteiger charge is -2.17. The summed E-state index contributed by atoms with van der Waals surface area (Å²) in [4.78, 5) is 13.5. The van der Waals surface area contributed by atoms with Crippen LogP contribution < -0.4 is 0 Å². The summed E-state index contributed by atoms with van der Waals surface area (Å²) in [6, 6.07) is 4.55. The van der Waals surface area contributed by atoms with Gasteiger partial charge in [-0.05, 0) is 25.5 Å². The van der Waals surface area contributed by atoms with Gasteiger partial charge in [0.15, 0.2) is 0 Å². The molecule has 3 nitrogen and oxygen atoms in total. The molecule has 1 aromatic carbocycles. The van der Waals surface area contributed by atoms with Crippen molar-refractivity contribution < 1.29 is 13.9 Å². The number of ether oxygens (including phenoxy) is 1. The average Bonchev–Trinajstić information content (AvgIpc) is 2.31. The van der Waals surface area contributed by atoms with Gasteiger partial charge in [0.2, 0.25) is 0 Å². The molecule has 17 heavy (non-hydrogen) atoms. The first kappa shape index (κ1) is 13.6. The van der Waals surface area contributed by atoms with E-state index in [0.29, 0.717) is 13.2 Å². The highest BCUT2D eigenvalue weighted by atomic mass is 19.1. The van der Waals surface area contributed by atoms with Gasteiger partial charge in [0.1, 0.15) is 5.82 Å². The van der Waals surface area contributed by atoms with Gasteiger partial charge in [0.05, 0.1) is 5.56 Å². The van der Waals surface area contributed by atoms with Crippen molar-refractivity contribution in [2.75, 3.05) is 27.3 Å². The van der Waals surface area contributed by atoms with Gasteiger partial charge in [-0.25, -0.2) is 4.39 Å². The second kappa shape index (κ2) is 6.35. The molecule has 0 radical (unpaired) electrons. The van der Waals surface area contributed by atoms with Crippen LogP contribution in [0.3, 0.4) is 0 Å². The van der Waals surface area contributed by atoms with Crippen LogP contribution in [0.5, 0.6) is 0 Å². The number of halogens is 1. The number of methoxy groups -OCH3 is 1. The van der Waals surface area contributed by atoms with Crippen molar-refractivity contribution in [1.82, 2.24) is 4.90 Å². The molecule has 0 spiro atoms. The van der Waals surface area contributed by atoms with E-state index in [1.807, 2.05) is 6.92 Å². The van der Waals surface area contributed by atoms with E-state index < -0.39 is 5.82 Å². The fourth-order valence-corrected chi connectivity index (χ4v) is 1.56. The number of carbonyl (C=O) groups is 1. The number of hydrogen-bond acceptors (Lipinski definition) is 2. The first-order valence-electron chi connectivity index (χ1n) is 5.57. The molecular formula is C13H18FNO2. The molecule has 0 saturated carbocycles. The SMILES string of the molecule is COCCCN(C)C(=O)c1cc(C)ccc1F. The van der Waals surface area contributed by atoms with Crippen LogP contribution in [0.2, 0.25) is 0 Å². The molecule has 1 aromatic rings. The van der Waals surface area contributed by atoms with Gasteiger partial charge >= 0.3 is 0 Å². The van der Waals surface area contributed by atoms with Crippen LogP contribution in [0.25, 0.3) is 0 Å². The fraction of sp³-hybridized carbons (Fsp3) is 0.462. The molecular weight excluding hydrogens is 221 g/mol. The molecule has 1 rings (SSSR count). The van der Waals surface area contributed by atoms with Crippen molar-refractivity contribution in [3.05, 3.63) is 35.1 Å². The summed E-state index contributed by atoms with van der Waals surface area (Å²) in [5, 5.41) is 0. The number of hydrogen-bond donors (Lipinski definition) is 0. The van der Waals surface area contributed by atoms with Crippen molar-refractivity contribution in [3.63, 3.8) is 0 Å². The maximum Gasteiger partial charge on any atom is 0.256 e. The Morgan fingerprint density at radius 2 is 2.18 bits per heavy atom. The third kappa shape index (κ3) is 3.82. The van der Waals surface area contributed by atoms with E-state index in [0.717, 1.165) is 12.0 Å². The van der Waals surface area contributed by atoms with Crippen LogP contribution in [-0.2, 0) is 4.74 Å². The lowest BCUT2D eigenvalue weighted by molar-refractivity contribution is 0.0774. The topological polar surface area (TPSA) is 29.5 Å². The normalized spacial score (nSPS) is 10.4. The van der Waals surface area contributed by atoms with Gasteiger partial charge in [-0.15, -0.1) is 0 Å². The minimum absolute atomic E-state index is 0.130. The van der Waals surface area contributed by atoms with Crippen LogP contribution in [0.4, 0.5) is 4.39 Å². The predicted octanol–water partition coefficient (Wildman–Crippen LogP) is 2.24. The Hall–Kier alpha value is -1.42. The molecule has 0 aliphatic rings. The summed E-state index contributed by atoms with van der Waals surface area (Å²) in [6.07, 6.45) is 0.742. The minimum Gasteiger partial charge on any atom is -0.385 e. The van der Waals surface area contributed by atoms with Crippen molar-refractivity contribution in [2.24, 2.45) is 0 Å². The van der Waals surface area contributed by atoms with Crippen LogP contribution in [0, 0.1) is 12.7 Å². The Morgan fingerprint density at radius 3 is 2.82 bits per heavy atom. The molecule has 4 heteroatoms. The molecule has 0 fully saturated rings. The summed E-state index contributed by atoms with van der Waals surface area (Å²) >= 11 is 0. The van der Waals surface area contributed by atoms with E-state index >= 15 is 0 Å². The molecule has 0 aromatic heterocycles. The van der Waals surface area contributed by atoms with Gasteiger partial charge < -0.3 is 9.64 Å². The molecule has 0 N–H and O–H groups in total. The predicted molar refractivity (Wildman–Crippen MR) is 64.6 cm³/mol. The first-order valence-corrected chi connectivity index (χ1v) is 5.57. The highest BCUT2D eigenvalue weighted by molar-refractivity contribution is 5.94. The Kier molecular flexibility index (Phi) is 5.10. The van der Waals surface area contributed by atoms with Crippen molar-refractivity contribution in [3.8, 4) is 0 Å². The Labute approximate surface area is 101 Å². The Bertz CT molecular complexity index is 393. The zero-order valence-corrected chi connectivity index (χ0v) is 10.5. The number of aryl methyl sites for hydroxylation is 1. The van der Waals surface area contributed by atoms with Crippen molar-refractivity contribution in [2.45, 2.75) is 13.3 Å². The molecule has 94 valence electrons. The fourth-order valence-electron chi connectivity index (χ4n) is 1.56. The number of rotatable bonds is 5. The standard InChI is InChI=1S/C13H18FNO2/c1-10-5-6-12(14)11(9-10)13(16)15(2)7-4-8-17-3/h5-6,9H,4,7-8H2,1-3H3. The summed E-state index contributed by atoms with van der Waals surface area (Å²) in [7, 11) is 3.28. The molecule has 0 aliphatic heterocycles. The summed E-state index contributed by atoms with van der Waals surface area (Å²) in [6.45, 7) is 2.98. The van der Waals surface area contributed by atoms with Crippen LogP contribution in [0.1, 0.15) is 22.3 Å². The second-order valence-corrected chi connectivity index (χ2v) is 4.06.